The van der Waals surface area contributed by atoms with E-state index in [0.29, 0.717) is 11.3 Å². The van der Waals surface area contributed by atoms with Crippen LogP contribution in [0, 0.1) is 24.6 Å². The molecule has 3 aliphatic rings. The van der Waals surface area contributed by atoms with Gasteiger partial charge in [0, 0.05) is 11.6 Å². The summed E-state index contributed by atoms with van der Waals surface area (Å²) in [6.07, 6.45) is 1.71. The smallest absolute Gasteiger partial charge is 0.239 e. The number of imide groups is 1. The summed E-state index contributed by atoms with van der Waals surface area (Å²) < 4.78 is 13.3. The molecule has 0 unspecified atom stereocenters. The van der Waals surface area contributed by atoms with Crippen LogP contribution in [0.3, 0.4) is 0 Å². The van der Waals surface area contributed by atoms with Gasteiger partial charge in [0.2, 0.25) is 11.8 Å². The van der Waals surface area contributed by atoms with Gasteiger partial charge in [-0.3, -0.25) is 19.3 Å². The first kappa shape index (κ1) is 18.2. The van der Waals surface area contributed by atoms with Crippen LogP contribution in [0.25, 0.3) is 0 Å². The first-order valence-corrected chi connectivity index (χ1v) is 9.97. The van der Waals surface area contributed by atoms with Gasteiger partial charge in [-0.15, -0.1) is 0 Å². The van der Waals surface area contributed by atoms with Crippen molar-refractivity contribution in [3.8, 4) is 0 Å². The Morgan fingerprint density at radius 1 is 0.966 bits per heavy atom. The van der Waals surface area contributed by atoms with E-state index in [1.807, 2.05) is 19.1 Å². The molecule has 3 heterocycles. The summed E-state index contributed by atoms with van der Waals surface area (Å²) in [5.74, 6) is -2.37. The molecule has 2 amide bonds. The lowest BCUT2D eigenvalue weighted by molar-refractivity contribution is -0.123. The summed E-state index contributed by atoms with van der Waals surface area (Å²) in [5.41, 5.74) is 1.98. The molecule has 2 aromatic carbocycles. The lowest BCUT2D eigenvalue weighted by Crippen LogP contribution is -2.46. The lowest BCUT2D eigenvalue weighted by atomic mass is 9.85. The number of amides is 2. The zero-order valence-corrected chi connectivity index (χ0v) is 16.0. The molecule has 3 aliphatic heterocycles. The zero-order valence-electron chi connectivity index (χ0n) is 16.0. The van der Waals surface area contributed by atoms with Crippen LogP contribution in [-0.4, -0.2) is 41.1 Å². The monoisotopic (exact) mass is 392 g/mol. The minimum absolute atomic E-state index is 0.0960. The molecule has 3 saturated heterocycles. The van der Waals surface area contributed by atoms with Crippen LogP contribution >= 0.6 is 0 Å². The van der Waals surface area contributed by atoms with E-state index in [-0.39, 0.29) is 23.6 Å². The van der Waals surface area contributed by atoms with E-state index in [9.17, 15) is 18.8 Å². The largest absolute Gasteiger partial charge is 0.292 e. The third-order valence-corrected chi connectivity index (χ3v) is 6.54. The fourth-order valence-electron chi connectivity index (χ4n) is 5.25. The third-order valence-electron chi connectivity index (χ3n) is 6.54. The van der Waals surface area contributed by atoms with Crippen molar-refractivity contribution >= 4 is 23.3 Å². The predicted molar refractivity (Wildman–Crippen MR) is 105 cm³/mol. The first-order valence-electron chi connectivity index (χ1n) is 9.97. The molecule has 0 spiro atoms. The maximum atomic E-state index is 13.4. The van der Waals surface area contributed by atoms with Crippen molar-refractivity contribution < 1.29 is 18.8 Å². The second-order valence-corrected chi connectivity index (χ2v) is 8.16. The Morgan fingerprint density at radius 2 is 1.62 bits per heavy atom. The van der Waals surface area contributed by atoms with E-state index in [1.54, 1.807) is 12.1 Å². The molecular formula is C23H21FN2O3. The molecule has 0 N–H and O–H groups in total. The van der Waals surface area contributed by atoms with E-state index in [2.05, 4.69) is 4.90 Å². The Morgan fingerprint density at radius 3 is 2.31 bits per heavy atom. The number of rotatable bonds is 3. The number of Topliss-reactive ketones (excluding diaryl/α,β-unsaturated/α-hetero) is 1. The standard InChI is InChI=1S/C23H21FN2O3/c1-13-4-6-14(7-5-13)21(27)20-19-18(17-3-2-12-25(17)20)22(28)26(23(19)29)16-10-8-15(24)9-11-16/h4-11,17-20H,2-3,12H2,1H3/t17-,18+,19+,20-/m0/s1. The van der Waals surface area contributed by atoms with Gasteiger partial charge in [0.1, 0.15) is 5.82 Å². The van der Waals surface area contributed by atoms with Gasteiger partial charge in [-0.1, -0.05) is 29.8 Å². The maximum absolute atomic E-state index is 13.4. The van der Waals surface area contributed by atoms with Gasteiger partial charge in [0.05, 0.1) is 23.6 Å². The first-order chi connectivity index (χ1) is 14.0. The number of fused-ring (bicyclic) bond motifs is 3. The van der Waals surface area contributed by atoms with E-state index >= 15 is 0 Å². The minimum Gasteiger partial charge on any atom is -0.292 e. The number of ketones is 1. The second-order valence-electron chi connectivity index (χ2n) is 8.16. The zero-order chi connectivity index (χ0) is 20.3. The summed E-state index contributed by atoms with van der Waals surface area (Å²) in [5, 5.41) is 0. The number of anilines is 1. The average Bonchev–Trinajstić information content (AvgIpc) is 3.35. The number of carbonyl (C=O) groups excluding carboxylic acids is 3. The normalized spacial score (nSPS) is 28.7. The lowest BCUT2D eigenvalue weighted by Gasteiger charge is -2.27. The number of aryl methyl sites for hydroxylation is 1. The summed E-state index contributed by atoms with van der Waals surface area (Å²) in [7, 11) is 0. The van der Waals surface area contributed by atoms with Gasteiger partial charge in [0.25, 0.3) is 0 Å². The predicted octanol–water partition coefficient (Wildman–Crippen LogP) is 2.97. The highest BCUT2D eigenvalue weighted by Crippen LogP contribution is 2.48. The van der Waals surface area contributed by atoms with E-state index in [0.717, 1.165) is 29.8 Å². The molecule has 5 rings (SSSR count). The SMILES string of the molecule is Cc1ccc(C(=O)[C@@H]2[C@@H]3C(=O)N(c4ccc(F)cc4)C(=O)[C@@H]3[C@@H]3CCCN23)cc1. The van der Waals surface area contributed by atoms with Crippen molar-refractivity contribution in [3.05, 3.63) is 65.5 Å². The molecule has 148 valence electrons. The van der Waals surface area contributed by atoms with E-state index < -0.39 is 23.7 Å². The van der Waals surface area contributed by atoms with Crippen molar-refractivity contribution in [2.75, 3.05) is 11.4 Å². The van der Waals surface area contributed by atoms with Crippen LogP contribution in [0.15, 0.2) is 48.5 Å². The average molecular weight is 392 g/mol. The number of halogens is 1. The van der Waals surface area contributed by atoms with Crippen molar-refractivity contribution in [2.45, 2.75) is 31.8 Å². The van der Waals surface area contributed by atoms with Gasteiger partial charge in [-0.2, -0.15) is 0 Å². The van der Waals surface area contributed by atoms with Crippen LogP contribution in [-0.2, 0) is 9.59 Å². The summed E-state index contributed by atoms with van der Waals surface area (Å²) in [6.45, 7) is 2.67. The number of nitrogens with zero attached hydrogens (tertiary/aromatic N) is 2. The number of benzene rings is 2. The molecular weight excluding hydrogens is 371 g/mol. The number of hydrogen-bond acceptors (Lipinski definition) is 4. The fraction of sp³-hybridized carbons (Fsp3) is 0.348. The molecule has 6 heteroatoms. The molecule has 0 radical (unpaired) electrons. The molecule has 4 atom stereocenters. The third kappa shape index (κ3) is 2.66. The van der Waals surface area contributed by atoms with E-state index in [1.165, 1.54) is 24.3 Å². The molecule has 5 nitrogen and oxygen atoms in total. The van der Waals surface area contributed by atoms with Crippen LogP contribution in [0.1, 0.15) is 28.8 Å². The van der Waals surface area contributed by atoms with Gasteiger partial charge >= 0.3 is 0 Å². The molecule has 0 aliphatic carbocycles. The van der Waals surface area contributed by atoms with Gasteiger partial charge in [0.15, 0.2) is 5.78 Å². The fourth-order valence-corrected chi connectivity index (χ4v) is 5.25. The molecule has 29 heavy (non-hydrogen) atoms. The van der Waals surface area contributed by atoms with Crippen LogP contribution < -0.4 is 4.90 Å². The quantitative estimate of drug-likeness (QED) is 0.595. The highest BCUT2D eigenvalue weighted by molar-refractivity contribution is 6.24. The van der Waals surface area contributed by atoms with Crippen molar-refractivity contribution in [3.63, 3.8) is 0 Å². The summed E-state index contributed by atoms with van der Waals surface area (Å²) in [4.78, 5) is 43.2. The van der Waals surface area contributed by atoms with Crippen molar-refractivity contribution in [1.82, 2.24) is 4.90 Å². The molecule has 0 aromatic heterocycles. The summed E-state index contributed by atoms with van der Waals surface area (Å²) >= 11 is 0. The van der Waals surface area contributed by atoms with Crippen LogP contribution in [0.5, 0.6) is 0 Å². The molecule has 0 saturated carbocycles. The summed E-state index contributed by atoms with van der Waals surface area (Å²) in [6, 6.07) is 12.0. The van der Waals surface area contributed by atoms with Crippen molar-refractivity contribution in [1.29, 1.82) is 0 Å². The minimum atomic E-state index is -0.688. The molecule has 2 aromatic rings. The van der Waals surface area contributed by atoms with Crippen molar-refractivity contribution in [2.24, 2.45) is 11.8 Å². The Bertz CT molecular complexity index is 1000. The van der Waals surface area contributed by atoms with Gasteiger partial charge in [-0.05, 0) is 50.6 Å². The van der Waals surface area contributed by atoms with Gasteiger partial charge < -0.3 is 0 Å². The Balaban J connectivity index is 1.54. The van der Waals surface area contributed by atoms with Crippen LogP contribution in [0.4, 0.5) is 10.1 Å². The van der Waals surface area contributed by atoms with Gasteiger partial charge in [-0.25, -0.2) is 9.29 Å². The Kier molecular flexibility index (Phi) is 4.13. The Labute approximate surface area is 168 Å². The highest BCUT2D eigenvalue weighted by Gasteiger charge is 2.64. The molecule has 0 bridgehead atoms. The Hall–Kier alpha value is -2.86. The van der Waals surface area contributed by atoms with E-state index in [4.69, 9.17) is 0 Å². The maximum Gasteiger partial charge on any atom is 0.239 e. The highest BCUT2D eigenvalue weighted by atomic mass is 19.1. The second kappa shape index (κ2) is 6.59. The topological polar surface area (TPSA) is 57.7 Å². The number of carbonyl (C=O) groups is 3. The molecule has 3 fully saturated rings. The number of hydrogen-bond donors (Lipinski definition) is 0. The van der Waals surface area contributed by atoms with Crippen LogP contribution in [0.2, 0.25) is 0 Å².